The van der Waals surface area contributed by atoms with Crippen molar-refractivity contribution in [1.29, 1.82) is 0 Å². The number of nitrogens with one attached hydrogen (secondary N) is 2. The van der Waals surface area contributed by atoms with E-state index in [1.54, 1.807) is 30.0 Å². The quantitative estimate of drug-likeness (QED) is 0.203. The van der Waals surface area contributed by atoms with Crippen molar-refractivity contribution in [1.82, 2.24) is 29.0 Å². The molecule has 4 heterocycles. The molecule has 1 unspecified atom stereocenters. The second-order valence-corrected chi connectivity index (χ2v) is 12.3. The largest absolute Gasteiger partial charge is 0.377 e. The zero-order valence-corrected chi connectivity index (χ0v) is 25.8. The van der Waals surface area contributed by atoms with E-state index in [1.807, 2.05) is 32.2 Å². The molecule has 1 saturated heterocycles. The van der Waals surface area contributed by atoms with Gasteiger partial charge in [0.25, 0.3) is 11.5 Å². The number of piperidine rings is 1. The van der Waals surface area contributed by atoms with Crippen LogP contribution in [0.4, 0.5) is 11.6 Å². The molecule has 42 heavy (non-hydrogen) atoms. The van der Waals surface area contributed by atoms with Crippen molar-refractivity contribution in [2.45, 2.75) is 57.5 Å². The fourth-order valence-electron chi connectivity index (χ4n) is 5.98. The Morgan fingerprint density at radius 2 is 1.88 bits per heavy atom. The summed E-state index contributed by atoms with van der Waals surface area (Å²) in [6.45, 7) is 5.59. The van der Waals surface area contributed by atoms with Crippen LogP contribution in [-0.4, -0.2) is 49.6 Å². The summed E-state index contributed by atoms with van der Waals surface area (Å²) in [4.78, 5) is 38.0. The summed E-state index contributed by atoms with van der Waals surface area (Å²) < 4.78 is 6.61. The van der Waals surface area contributed by atoms with Gasteiger partial charge >= 0.3 is 0 Å². The van der Waals surface area contributed by atoms with Crippen LogP contribution in [-0.2, 0) is 7.05 Å². The van der Waals surface area contributed by atoms with Gasteiger partial charge in [-0.3, -0.25) is 23.6 Å². The Kier molecular flexibility index (Phi) is 7.89. The molecule has 3 aromatic heterocycles. The van der Waals surface area contributed by atoms with Gasteiger partial charge in [0.1, 0.15) is 5.15 Å². The molecule has 1 aromatic carbocycles. The maximum atomic E-state index is 13.7. The van der Waals surface area contributed by atoms with Gasteiger partial charge < -0.3 is 10.2 Å². The van der Waals surface area contributed by atoms with E-state index in [-0.39, 0.29) is 28.4 Å². The van der Waals surface area contributed by atoms with Crippen molar-refractivity contribution >= 4 is 52.0 Å². The maximum Gasteiger partial charge on any atom is 0.281 e. The van der Waals surface area contributed by atoms with Gasteiger partial charge in [0.15, 0.2) is 5.69 Å². The first kappa shape index (κ1) is 28.5. The number of aromatic nitrogens is 5. The van der Waals surface area contributed by atoms with E-state index in [2.05, 4.69) is 35.8 Å². The number of carbonyl (C=O) groups is 1. The summed E-state index contributed by atoms with van der Waals surface area (Å²) in [5.74, 6) is 0.786. The molecule has 12 heteroatoms. The Morgan fingerprint density at radius 1 is 1.12 bits per heavy atom. The van der Waals surface area contributed by atoms with E-state index in [9.17, 15) is 9.59 Å². The van der Waals surface area contributed by atoms with E-state index < -0.39 is 0 Å². The van der Waals surface area contributed by atoms with Crippen LogP contribution < -0.4 is 20.5 Å². The Balaban J connectivity index is 1.31. The Hall–Kier alpha value is -3.57. The van der Waals surface area contributed by atoms with Gasteiger partial charge in [0.2, 0.25) is 5.95 Å². The topological polar surface area (TPSA) is 110 Å². The second kappa shape index (κ2) is 11.6. The summed E-state index contributed by atoms with van der Waals surface area (Å²) in [6, 6.07) is 9.79. The molecule has 10 nitrogen and oxygen atoms in total. The van der Waals surface area contributed by atoms with Gasteiger partial charge in [-0.05, 0) is 69.4 Å². The van der Waals surface area contributed by atoms with Crippen LogP contribution in [0, 0.1) is 6.92 Å². The molecule has 1 atom stereocenters. The molecule has 0 radical (unpaired) electrons. The minimum absolute atomic E-state index is 0.0747. The number of amides is 1. The first-order valence-corrected chi connectivity index (χ1v) is 15.9. The van der Waals surface area contributed by atoms with Crippen molar-refractivity contribution in [2.75, 3.05) is 29.6 Å². The zero-order valence-electron chi connectivity index (χ0n) is 24.2. The van der Waals surface area contributed by atoms with E-state index in [1.165, 1.54) is 30.5 Å². The molecule has 0 spiro atoms. The van der Waals surface area contributed by atoms with Crippen LogP contribution in [0.2, 0.25) is 5.15 Å². The van der Waals surface area contributed by atoms with Crippen LogP contribution in [0.15, 0.2) is 41.3 Å². The Labute approximate surface area is 254 Å². The van der Waals surface area contributed by atoms with Crippen LogP contribution >= 0.6 is 23.5 Å². The highest BCUT2D eigenvalue weighted by Crippen LogP contribution is 2.39. The highest BCUT2D eigenvalue weighted by atomic mass is 35.5. The third-order valence-corrected chi connectivity index (χ3v) is 8.83. The highest BCUT2D eigenvalue weighted by molar-refractivity contribution is 7.97. The average Bonchev–Trinajstić information content (AvgIpc) is 3.71. The molecule has 1 saturated carbocycles. The average molecular weight is 607 g/mol. The lowest BCUT2D eigenvalue weighted by Gasteiger charge is -2.34. The van der Waals surface area contributed by atoms with Crippen molar-refractivity contribution in [3.05, 3.63) is 74.6 Å². The smallest absolute Gasteiger partial charge is 0.281 e. The number of rotatable bonds is 8. The molecule has 1 aliphatic carbocycles. The predicted molar refractivity (Wildman–Crippen MR) is 169 cm³/mol. The summed E-state index contributed by atoms with van der Waals surface area (Å²) in [6.07, 6.45) is 8.09. The van der Waals surface area contributed by atoms with Crippen molar-refractivity contribution in [3.8, 4) is 0 Å². The van der Waals surface area contributed by atoms with E-state index in [4.69, 9.17) is 16.6 Å². The SMILES string of the molecule is CSNC(=O)c1nc(Cl)ccc1NC(C)c1cc(C)cc2c(=O)n(C)c(N3CCC(c4ccnn4C4CC4)CC3)nc12. The highest BCUT2D eigenvalue weighted by Gasteiger charge is 2.31. The molecule has 2 fully saturated rings. The summed E-state index contributed by atoms with van der Waals surface area (Å²) in [7, 11) is 1.80. The molecular formula is C30H35ClN8O2S. The monoisotopic (exact) mass is 606 g/mol. The van der Waals surface area contributed by atoms with Gasteiger partial charge in [0, 0.05) is 49.8 Å². The molecule has 1 aliphatic heterocycles. The molecule has 0 bridgehead atoms. The Morgan fingerprint density at radius 3 is 2.60 bits per heavy atom. The number of fused-ring (bicyclic) bond motifs is 1. The molecule has 6 rings (SSSR count). The first-order chi connectivity index (χ1) is 20.2. The number of hydrogen-bond acceptors (Lipinski definition) is 8. The van der Waals surface area contributed by atoms with Gasteiger partial charge in [-0.2, -0.15) is 5.10 Å². The summed E-state index contributed by atoms with van der Waals surface area (Å²) in [5.41, 5.74) is 4.50. The number of benzene rings is 1. The molecule has 4 aromatic rings. The van der Waals surface area contributed by atoms with Gasteiger partial charge in [-0.25, -0.2) is 9.97 Å². The zero-order chi connectivity index (χ0) is 29.5. The molecule has 1 amide bonds. The standard InChI is InChI=1S/C30H35ClN8O2S/c1-17-15-21(18(2)33-23-7-8-25(31)34-27(23)28(40)36-42-4)26-22(16-17)29(41)37(3)30(35-26)38-13-10-19(11-14-38)24-9-12-32-39(24)20-5-6-20/h7-9,12,15-16,18-20,33H,5-6,10-11,13-14H2,1-4H3,(H,36,40). The Bertz CT molecular complexity index is 1710. The fourth-order valence-corrected chi connectivity index (χ4v) is 6.41. The second-order valence-electron chi connectivity index (χ2n) is 11.3. The molecule has 220 valence electrons. The van der Waals surface area contributed by atoms with E-state index in [0.717, 1.165) is 37.1 Å². The van der Waals surface area contributed by atoms with E-state index in [0.29, 0.717) is 34.5 Å². The number of hydrogen-bond donors (Lipinski definition) is 2. The molecule has 2 N–H and O–H groups in total. The van der Waals surface area contributed by atoms with Crippen LogP contribution in [0.3, 0.4) is 0 Å². The van der Waals surface area contributed by atoms with Crippen molar-refractivity contribution in [3.63, 3.8) is 0 Å². The predicted octanol–water partition coefficient (Wildman–Crippen LogP) is 5.39. The van der Waals surface area contributed by atoms with Crippen molar-refractivity contribution < 1.29 is 4.79 Å². The number of carbonyl (C=O) groups excluding carboxylic acids is 1. The lowest BCUT2D eigenvalue weighted by molar-refractivity contribution is 0.0980. The van der Waals surface area contributed by atoms with Gasteiger partial charge in [-0.15, -0.1) is 0 Å². The van der Waals surface area contributed by atoms with Gasteiger partial charge in [-0.1, -0.05) is 29.6 Å². The lowest BCUT2D eigenvalue weighted by atomic mass is 9.93. The fraction of sp³-hybridized carbons (Fsp3) is 0.433. The number of nitrogens with zero attached hydrogens (tertiary/aromatic N) is 6. The maximum absolute atomic E-state index is 13.7. The van der Waals surface area contributed by atoms with Crippen LogP contribution in [0.25, 0.3) is 10.9 Å². The number of aryl methyl sites for hydroxylation is 1. The van der Waals surface area contributed by atoms with Crippen LogP contribution in [0.1, 0.15) is 77.9 Å². The molecule has 2 aliphatic rings. The minimum atomic E-state index is -0.341. The van der Waals surface area contributed by atoms with Crippen LogP contribution in [0.5, 0.6) is 0 Å². The number of pyridine rings is 1. The number of anilines is 2. The van der Waals surface area contributed by atoms with Gasteiger partial charge in [0.05, 0.1) is 28.7 Å². The number of halogens is 1. The first-order valence-electron chi connectivity index (χ1n) is 14.3. The lowest BCUT2D eigenvalue weighted by Crippen LogP contribution is -2.38. The van der Waals surface area contributed by atoms with Crippen molar-refractivity contribution in [2.24, 2.45) is 7.05 Å². The summed E-state index contributed by atoms with van der Waals surface area (Å²) in [5, 5.41) is 8.82. The normalized spacial score (nSPS) is 16.5. The minimum Gasteiger partial charge on any atom is -0.377 e. The third-order valence-electron chi connectivity index (χ3n) is 8.23. The van der Waals surface area contributed by atoms with E-state index >= 15 is 0 Å². The third kappa shape index (κ3) is 5.47. The molecular weight excluding hydrogens is 572 g/mol. The summed E-state index contributed by atoms with van der Waals surface area (Å²) >= 11 is 7.31.